The van der Waals surface area contributed by atoms with Crippen LogP contribution in [0.1, 0.15) is 16.1 Å². The number of nitrogen functional groups attached to an aromatic ring is 1. The summed E-state index contributed by atoms with van der Waals surface area (Å²) in [4.78, 5) is 26.2. The fourth-order valence-corrected chi connectivity index (χ4v) is 1.02. The molecule has 0 aliphatic rings. The lowest BCUT2D eigenvalue weighted by molar-refractivity contribution is -0.144. The molecule has 1 aromatic heterocycles. The summed E-state index contributed by atoms with van der Waals surface area (Å²) in [6, 6.07) is 1.45. The molecule has 16 heavy (non-hydrogen) atoms. The van der Waals surface area contributed by atoms with E-state index in [0.717, 1.165) is 0 Å². The first-order chi connectivity index (χ1) is 7.54. The summed E-state index contributed by atoms with van der Waals surface area (Å²) in [6.07, 6.45) is 1.44. The number of aryl methyl sites for hydroxylation is 1. The minimum absolute atomic E-state index is 0.240. The van der Waals surface area contributed by atoms with Gasteiger partial charge < -0.3 is 15.2 Å². The van der Waals surface area contributed by atoms with Crippen molar-refractivity contribution in [3.8, 4) is 0 Å². The third-order valence-electron chi connectivity index (χ3n) is 1.88. The first-order valence-corrected chi connectivity index (χ1v) is 4.50. The number of carbonyl (C=O) groups excluding carboxylic acids is 2. The Morgan fingerprint density at radius 2 is 2.19 bits per heavy atom. The lowest BCUT2D eigenvalue weighted by Gasteiger charge is -2.06. The molecule has 0 saturated heterocycles. The van der Waals surface area contributed by atoms with Gasteiger partial charge in [0.15, 0.2) is 6.61 Å². The molecule has 0 spiro atoms. The number of nitrogens with zero attached hydrogens (tertiary/aromatic N) is 1. The number of ether oxygens (including phenoxy) is 2. The Hall–Kier alpha value is -2.11. The van der Waals surface area contributed by atoms with Crippen molar-refractivity contribution in [1.29, 1.82) is 0 Å². The van der Waals surface area contributed by atoms with E-state index < -0.39 is 18.5 Å². The summed E-state index contributed by atoms with van der Waals surface area (Å²) in [5, 5.41) is 0. The fourth-order valence-electron chi connectivity index (χ4n) is 1.02. The number of rotatable bonds is 3. The Labute approximate surface area is 92.4 Å². The molecular formula is C10H12N2O4. The zero-order valence-electron chi connectivity index (χ0n) is 9.02. The van der Waals surface area contributed by atoms with E-state index in [9.17, 15) is 9.59 Å². The lowest BCUT2D eigenvalue weighted by atomic mass is 10.2. The molecule has 0 fully saturated rings. The Kier molecular flexibility index (Phi) is 3.82. The average molecular weight is 224 g/mol. The summed E-state index contributed by atoms with van der Waals surface area (Å²) in [6.45, 7) is 1.22. The number of carbonyl (C=O) groups is 2. The topological polar surface area (TPSA) is 91.5 Å². The zero-order chi connectivity index (χ0) is 12.1. The number of methoxy groups -OCH3 is 1. The first kappa shape index (κ1) is 12.0. The van der Waals surface area contributed by atoms with E-state index in [1.165, 1.54) is 19.4 Å². The van der Waals surface area contributed by atoms with Gasteiger partial charge in [0.2, 0.25) is 0 Å². The molecule has 0 bridgehead atoms. The van der Waals surface area contributed by atoms with Crippen molar-refractivity contribution in [2.45, 2.75) is 6.92 Å². The quantitative estimate of drug-likeness (QED) is 0.742. The maximum atomic E-state index is 11.5. The van der Waals surface area contributed by atoms with E-state index in [1.54, 1.807) is 6.92 Å². The molecule has 1 heterocycles. The molecule has 0 unspecified atom stereocenters. The summed E-state index contributed by atoms with van der Waals surface area (Å²) >= 11 is 0. The summed E-state index contributed by atoms with van der Waals surface area (Å²) in [5.74, 6) is -1.27. The van der Waals surface area contributed by atoms with Gasteiger partial charge >= 0.3 is 11.9 Å². The molecule has 1 aromatic rings. The van der Waals surface area contributed by atoms with Gasteiger partial charge in [-0.05, 0) is 13.0 Å². The number of aromatic nitrogens is 1. The normalized spacial score (nSPS) is 9.62. The van der Waals surface area contributed by atoms with Gasteiger partial charge in [0.1, 0.15) is 0 Å². The van der Waals surface area contributed by atoms with Crippen LogP contribution in [-0.2, 0) is 14.3 Å². The predicted octanol–water partition coefficient (Wildman–Crippen LogP) is 0.302. The van der Waals surface area contributed by atoms with Gasteiger partial charge in [0.05, 0.1) is 30.3 Å². The van der Waals surface area contributed by atoms with Gasteiger partial charge in [0, 0.05) is 0 Å². The van der Waals surface area contributed by atoms with Crippen molar-refractivity contribution in [3.63, 3.8) is 0 Å². The number of anilines is 1. The monoisotopic (exact) mass is 224 g/mol. The molecule has 2 N–H and O–H groups in total. The zero-order valence-corrected chi connectivity index (χ0v) is 9.02. The van der Waals surface area contributed by atoms with Crippen molar-refractivity contribution >= 4 is 17.6 Å². The Morgan fingerprint density at radius 3 is 2.81 bits per heavy atom. The molecular weight excluding hydrogens is 212 g/mol. The number of hydrogen-bond donors (Lipinski definition) is 1. The lowest BCUT2D eigenvalue weighted by Crippen LogP contribution is -2.16. The average Bonchev–Trinajstić information content (AvgIpc) is 2.28. The predicted molar refractivity (Wildman–Crippen MR) is 55.7 cm³/mol. The molecule has 1 rings (SSSR count). The van der Waals surface area contributed by atoms with Crippen molar-refractivity contribution in [2.24, 2.45) is 0 Å². The molecule has 0 aliphatic carbocycles. The molecule has 0 aliphatic heterocycles. The maximum Gasteiger partial charge on any atom is 0.344 e. The second kappa shape index (κ2) is 5.11. The van der Waals surface area contributed by atoms with Gasteiger partial charge in [-0.2, -0.15) is 0 Å². The van der Waals surface area contributed by atoms with Crippen LogP contribution in [0.5, 0.6) is 0 Å². The minimum Gasteiger partial charge on any atom is -0.466 e. The van der Waals surface area contributed by atoms with Crippen molar-refractivity contribution in [3.05, 3.63) is 23.5 Å². The highest BCUT2D eigenvalue weighted by Crippen LogP contribution is 2.10. The highest BCUT2D eigenvalue weighted by Gasteiger charge is 2.13. The second-order valence-electron chi connectivity index (χ2n) is 3.05. The van der Waals surface area contributed by atoms with E-state index >= 15 is 0 Å². The van der Waals surface area contributed by atoms with Gasteiger partial charge in [-0.1, -0.05) is 0 Å². The van der Waals surface area contributed by atoms with Crippen LogP contribution in [0.25, 0.3) is 0 Å². The van der Waals surface area contributed by atoms with Crippen LogP contribution in [0.4, 0.5) is 5.69 Å². The van der Waals surface area contributed by atoms with Gasteiger partial charge in [-0.25, -0.2) is 9.59 Å². The highest BCUT2D eigenvalue weighted by molar-refractivity contribution is 5.92. The maximum absolute atomic E-state index is 11.5. The third-order valence-corrected chi connectivity index (χ3v) is 1.88. The molecule has 86 valence electrons. The number of hydrogen-bond acceptors (Lipinski definition) is 6. The highest BCUT2D eigenvalue weighted by atomic mass is 16.6. The Bertz CT molecular complexity index is 417. The summed E-state index contributed by atoms with van der Waals surface area (Å²) in [5.41, 5.74) is 6.57. The van der Waals surface area contributed by atoms with Gasteiger partial charge in [0.25, 0.3) is 0 Å². The van der Waals surface area contributed by atoms with Crippen molar-refractivity contribution in [2.75, 3.05) is 19.5 Å². The Morgan fingerprint density at radius 1 is 1.50 bits per heavy atom. The van der Waals surface area contributed by atoms with E-state index in [4.69, 9.17) is 10.5 Å². The van der Waals surface area contributed by atoms with Crippen LogP contribution in [0, 0.1) is 6.92 Å². The van der Waals surface area contributed by atoms with Crippen LogP contribution in [0.2, 0.25) is 0 Å². The number of nitrogens with two attached hydrogens (primary N) is 1. The minimum atomic E-state index is -0.650. The van der Waals surface area contributed by atoms with E-state index in [1.807, 2.05) is 0 Å². The van der Waals surface area contributed by atoms with Crippen LogP contribution >= 0.6 is 0 Å². The van der Waals surface area contributed by atoms with E-state index in [0.29, 0.717) is 11.4 Å². The molecule has 6 nitrogen and oxygen atoms in total. The number of esters is 2. The Balaban J connectivity index is 2.73. The number of pyridine rings is 1. The summed E-state index contributed by atoms with van der Waals surface area (Å²) in [7, 11) is 1.21. The summed E-state index contributed by atoms with van der Waals surface area (Å²) < 4.78 is 9.04. The van der Waals surface area contributed by atoms with Crippen molar-refractivity contribution in [1.82, 2.24) is 4.98 Å². The molecule has 6 heteroatoms. The van der Waals surface area contributed by atoms with Gasteiger partial charge in [-0.3, -0.25) is 4.98 Å². The fraction of sp³-hybridized carbons (Fsp3) is 0.300. The molecule has 0 aromatic carbocycles. The molecule has 0 atom stereocenters. The van der Waals surface area contributed by atoms with E-state index in [2.05, 4.69) is 9.72 Å². The third kappa shape index (κ3) is 2.94. The largest absolute Gasteiger partial charge is 0.466 e. The first-order valence-electron chi connectivity index (χ1n) is 4.50. The molecule has 0 amide bonds. The molecule has 0 radical (unpaired) electrons. The van der Waals surface area contributed by atoms with Crippen molar-refractivity contribution < 1.29 is 19.1 Å². The second-order valence-corrected chi connectivity index (χ2v) is 3.05. The van der Waals surface area contributed by atoms with E-state index in [-0.39, 0.29) is 5.56 Å². The van der Waals surface area contributed by atoms with Gasteiger partial charge in [-0.15, -0.1) is 0 Å². The SMILES string of the molecule is COC(=O)COC(=O)c1cc(N)cnc1C. The van der Waals surface area contributed by atoms with Crippen LogP contribution < -0.4 is 5.73 Å². The molecule has 0 saturated carbocycles. The standard InChI is InChI=1S/C10H12N2O4/c1-6-8(3-7(11)4-12-6)10(14)16-5-9(13)15-2/h3-4H,5,11H2,1-2H3. The smallest absolute Gasteiger partial charge is 0.344 e. The van der Waals surface area contributed by atoms with Crippen LogP contribution in [0.3, 0.4) is 0 Å². The van der Waals surface area contributed by atoms with Crippen LogP contribution in [-0.4, -0.2) is 30.6 Å². The van der Waals surface area contributed by atoms with Crippen LogP contribution in [0.15, 0.2) is 12.3 Å².